The zero-order chi connectivity index (χ0) is 19.1. The second kappa shape index (κ2) is 8.84. The number of aromatic nitrogens is 2. The topological polar surface area (TPSA) is 85.2 Å². The fraction of sp³-hybridized carbons (Fsp3) is 0.250. The van der Waals surface area contributed by atoms with Gasteiger partial charge in [0.1, 0.15) is 12.1 Å². The number of benzene rings is 2. The molecule has 2 amide bonds. The number of nitrogens with one attached hydrogen (secondary N) is 2. The second-order valence-electron chi connectivity index (χ2n) is 6.05. The molecule has 140 valence electrons. The summed E-state index contributed by atoms with van der Waals surface area (Å²) >= 11 is 0. The number of para-hydroxylation sites is 2. The van der Waals surface area contributed by atoms with Crippen LogP contribution in [-0.2, 0) is 4.79 Å². The number of carbonyl (C=O) groups is 2. The van der Waals surface area contributed by atoms with Crippen molar-refractivity contribution in [3.05, 3.63) is 60.4 Å². The van der Waals surface area contributed by atoms with Crippen LogP contribution in [0.2, 0.25) is 0 Å². The monoisotopic (exact) mass is 366 g/mol. The third-order valence-electron chi connectivity index (χ3n) is 3.99. The van der Waals surface area contributed by atoms with Gasteiger partial charge < -0.3 is 10.1 Å². The lowest BCUT2D eigenvalue weighted by molar-refractivity contribution is -0.116. The molecule has 3 rings (SSSR count). The van der Waals surface area contributed by atoms with Crippen LogP contribution in [-0.4, -0.2) is 34.6 Å². The molecule has 0 spiro atoms. The SMILES string of the molecule is CCCCOc1ccc(C(=O)NCC(=O)Nn2cnc3ccccc32)cc1. The zero-order valence-corrected chi connectivity index (χ0v) is 15.1. The molecule has 3 aromatic rings. The van der Waals surface area contributed by atoms with Gasteiger partial charge in [0.05, 0.1) is 24.2 Å². The van der Waals surface area contributed by atoms with E-state index in [4.69, 9.17) is 4.74 Å². The largest absolute Gasteiger partial charge is 0.494 e. The molecule has 0 saturated heterocycles. The average molecular weight is 366 g/mol. The Hall–Kier alpha value is -3.35. The highest BCUT2D eigenvalue weighted by Crippen LogP contribution is 2.13. The Labute approximate surface area is 157 Å². The number of hydrogen-bond acceptors (Lipinski definition) is 4. The number of imidazole rings is 1. The number of ether oxygens (including phenoxy) is 1. The Morgan fingerprint density at radius 1 is 1.11 bits per heavy atom. The Morgan fingerprint density at radius 2 is 1.89 bits per heavy atom. The van der Waals surface area contributed by atoms with Crippen molar-refractivity contribution in [1.29, 1.82) is 0 Å². The number of rotatable bonds is 8. The number of amides is 2. The van der Waals surface area contributed by atoms with Gasteiger partial charge in [0, 0.05) is 5.56 Å². The van der Waals surface area contributed by atoms with Crippen molar-refractivity contribution in [2.75, 3.05) is 18.6 Å². The molecule has 27 heavy (non-hydrogen) atoms. The van der Waals surface area contributed by atoms with Gasteiger partial charge in [-0.1, -0.05) is 25.5 Å². The summed E-state index contributed by atoms with van der Waals surface area (Å²) in [7, 11) is 0. The number of carbonyl (C=O) groups excluding carboxylic acids is 2. The van der Waals surface area contributed by atoms with Gasteiger partial charge in [-0.15, -0.1) is 0 Å². The highest BCUT2D eigenvalue weighted by Gasteiger charge is 2.10. The van der Waals surface area contributed by atoms with Crippen LogP contribution < -0.4 is 15.5 Å². The molecule has 0 unspecified atom stereocenters. The minimum absolute atomic E-state index is 0.139. The maximum absolute atomic E-state index is 12.2. The standard InChI is InChI=1S/C20H22N4O3/c1-2-3-12-27-16-10-8-15(9-11-16)20(26)21-13-19(25)23-24-14-22-17-6-4-5-7-18(17)24/h4-11,14H,2-3,12-13H2,1H3,(H,21,26)(H,23,25). The molecule has 0 saturated carbocycles. The van der Waals surface area contributed by atoms with Gasteiger partial charge in [-0.3, -0.25) is 15.0 Å². The molecule has 2 N–H and O–H groups in total. The molecule has 0 aliphatic carbocycles. The molecule has 0 fully saturated rings. The van der Waals surface area contributed by atoms with Crippen LogP contribution in [0.3, 0.4) is 0 Å². The first-order chi connectivity index (χ1) is 13.2. The van der Waals surface area contributed by atoms with E-state index in [0.29, 0.717) is 12.2 Å². The van der Waals surface area contributed by atoms with Crippen LogP contribution in [0.5, 0.6) is 5.75 Å². The summed E-state index contributed by atoms with van der Waals surface area (Å²) in [6.45, 7) is 2.62. The summed E-state index contributed by atoms with van der Waals surface area (Å²) in [4.78, 5) is 28.5. The average Bonchev–Trinajstić information content (AvgIpc) is 3.10. The van der Waals surface area contributed by atoms with E-state index in [-0.39, 0.29) is 18.4 Å². The Bertz CT molecular complexity index is 918. The number of unbranched alkanes of at least 4 members (excludes halogenated alkanes) is 1. The summed E-state index contributed by atoms with van der Waals surface area (Å²) in [5, 5.41) is 2.61. The fourth-order valence-corrected chi connectivity index (χ4v) is 2.52. The summed E-state index contributed by atoms with van der Waals surface area (Å²) < 4.78 is 7.10. The smallest absolute Gasteiger partial charge is 0.258 e. The lowest BCUT2D eigenvalue weighted by Gasteiger charge is -2.09. The molecular formula is C20H22N4O3. The van der Waals surface area contributed by atoms with Crippen molar-refractivity contribution in [3.63, 3.8) is 0 Å². The third kappa shape index (κ3) is 4.84. The minimum atomic E-state index is -0.342. The molecule has 1 aromatic heterocycles. The maximum atomic E-state index is 12.2. The second-order valence-corrected chi connectivity index (χ2v) is 6.05. The van der Waals surface area contributed by atoms with E-state index < -0.39 is 0 Å². The van der Waals surface area contributed by atoms with Gasteiger partial charge >= 0.3 is 0 Å². The van der Waals surface area contributed by atoms with Gasteiger partial charge in [-0.05, 0) is 42.8 Å². The van der Waals surface area contributed by atoms with E-state index in [2.05, 4.69) is 22.7 Å². The third-order valence-corrected chi connectivity index (χ3v) is 3.99. The van der Waals surface area contributed by atoms with Gasteiger partial charge in [0.25, 0.3) is 11.8 Å². The summed E-state index contributed by atoms with van der Waals surface area (Å²) in [5.41, 5.74) is 4.73. The molecular weight excluding hydrogens is 344 g/mol. The number of hydrogen-bond donors (Lipinski definition) is 2. The van der Waals surface area contributed by atoms with Crippen LogP contribution in [0.25, 0.3) is 11.0 Å². The van der Waals surface area contributed by atoms with Gasteiger partial charge in [-0.2, -0.15) is 0 Å². The lowest BCUT2D eigenvalue weighted by Crippen LogP contribution is -2.35. The maximum Gasteiger partial charge on any atom is 0.258 e. The van der Waals surface area contributed by atoms with Crippen LogP contribution in [0, 0.1) is 0 Å². The van der Waals surface area contributed by atoms with Crippen molar-refractivity contribution in [1.82, 2.24) is 15.0 Å². The highest BCUT2D eigenvalue weighted by molar-refractivity contribution is 5.98. The summed E-state index contributed by atoms with van der Waals surface area (Å²) in [6.07, 6.45) is 3.59. The molecule has 0 atom stereocenters. The first kappa shape index (κ1) is 18.4. The van der Waals surface area contributed by atoms with Crippen molar-refractivity contribution in [2.45, 2.75) is 19.8 Å². The predicted molar refractivity (Wildman–Crippen MR) is 103 cm³/mol. The molecule has 7 nitrogen and oxygen atoms in total. The first-order valence-electron chi connectivity index (χ1n) is 8.90. The van der Waals surface area contributed by atoms with Crippen molar-refractivity contribution in [3.8, 4) is 5.75 Å². The van der Waals surface area contributed by atoms with Crippen LogP contribution in [0.1, 0.15) is 30.1 Å². The summed E-state index contributed by atoms with van der Waals surface area (Å²) in [5.74, 6) is 0.0662. The van der Waals surface area contributed by atoms with Gasteiger partial charge in [-0.25, -0.2) is 9.66 Å². The van der Waals surface area contributed by atoms with E-state index in [1.54, 1.807) is 24.3 Å². The van der Waals surface area contributed by atoms with Crippen LogP contribution in [0.15, 0.2) is 54.9 Å². The van der Waals surface area contributed by atoms with E-state index in [9.17, 15) is 9.59 Å². The first-order valence-corrected chi connectivity index (χ1v) is 8.90. The molecule has 0 aliphatic heterocycles. The van der Waals surface area contributed by atoms with E-state index in [1.165, 1.54) is 11.0 Å². The van der Waals surface area contributed by atoms with Crippen LogP contribution in [0.4, 0.5) is 0 Å². The Balaban J connectivity index is 1.50. The van der Waals surface area contributed by atoms with E-state index in [0.717, 1.165) is 29.6 Å². The molecule has 0 radical (unpaired) electrons. The predicted octanol–water partition coefficient (Wildman–Crippen LogP) is 2.72. The number of fused-ring (bicyclic) bond motifs is 1. The zero-order valence-electron chi connectivity index (χ0n) is 15.1. The fourth-order valence-electron chi connectivity index (χ4n) is 2.52. The normalized spacial score (nSPS) is 10.6. The number of nitrogens with zero attached hydrogens (tertiary/aromatic N) is 2. The van der Waals surface area contributed by atoms with Gasteiger partial charge in [0.2, 0.25) is 0 Å². The highest BCUT2D eigenvalue weighted by atomic mass is 16.5. The van der Waals surface area contributed by atoms with Crippen molar-refractivity contribution < 1.29 is 14.3 Å². The molecule has 7 heteroatoms. The van der Waals surface area contributed by atoms with Crippen LogP contribution >= 0.6 is 0 Å². The van der Waals surface area contributed by atoms with Crippen molar-refractivity contribution in [2.24, 2.45) is 0 Å². The Kier molecular flexibility index (Phi) is 6.04. The molecule has 0 aliphatic rings. The van der Waals surface area contributed by atoms with Gasteiger partial charge in [0.15, 0.2) is 0 Å². The van der Waals surface area contributed by atoms with E-state index >= 15 is 0 Å². The molecule has 1 heterocycles. The quantitative estimate of drug-likeness (QED) is 0.600. The van der Waals surface area contributed by atoms with E-state index in [1.807, 2.05) is 24.3 Å². The van der Waals surface area contributed by atoms with Crippen molar-refractivity contribution >= 4 is 22.8 Å². The Morgan fingerprint density at radius 3 is 2.67 bits per heavy atom. The summed E-state index contributed by atoms with van der Waals surface area (Å²) in [6, 6.07) is 14.3. The minimum Gasteiger partial charge on any atom is -0.494 e. The lowest BCUT2D eigenvalue weighted by atomic mass is 10.2. The molecule has 0 bridgehead atoms. The molecule has 2 aromatic carbocycles.